The maximum absolute atomic E-state index is 11.5. The number of nitrogens with two attached hydrogens (primary N) is 1. The van der Waals surface area contributed by atoms with Crippen LogP contribution in [0.15, 0.2) is 6.20 Å². The zero-order valence-electron chi connectivity index (χ0n) is 11.3. The van der Waals surface area contributed by atoms with Crippen LogP contribution in [0.25, 0.3) is 0 Å². The van der Waals surface area contributed by atoms with Gasteiger partial charge >= 0.3 is 5.69 Å². The fourth-order valence-corrected chi connectivity index (χ4v) is 1.69. The number of nitro groups is 1. The van der Waals surface area contributed by atoms with Crippen molar-refractivity contribution in [1.29, 1.82) is 0 Å². The number of aromatic nitrogens is 2. The highest BCUT2D eigenvalue weighted by Crippen LogP contribution is 2.21. The fourth-order valence-electron chi connectivity index (χ4n) is 1.69. The standard InChI is InChI=1S/C11H17N7O3/c12-17-11-14-6-8(18(20)21)10(16-11)13-5-1-2-9(19)15-7-3-4-7/h6-7H,1-5,12H2,(H,15,19)(H2,13,14,16,17). The first-order valence-electron chi connectivity index (χ1n) is 6.61. The predicted octanol–water partition coefficient (Wildman–Crippen LogP) is 0.141. The minimum atomic E-state index is -0.581. The van der Waals surface area contributed by atoms with Gasteiger partial charge in [0.15, 0.2) is 0 Å². The van der Waals surface area contributed by atoms with Crippen molar-refractivity contribution in [2.75, 3.05) is 17.3 Å². The number of amides is 1. The monoisotopic (exact) mass is 295 g/mol. The van der Waals surface area contributed by atoms with E-state index in [9.17, 15) is 14.9 Å². The average Bonchev–Trinajstić information content (AvgIpc) is 3.27. The zero-order valence-corrected chi connectivity index (χ0v) is 11.3. The third-order valence-corrected chi connectivity index (χ3v) is 2.91. The van der Waals surface area contributed by atoms with E-state index in [4.69, 9.17) is 5.84 Å². The van der Waals surface area contributed by atoms with Crippen molar-refractivity contribution >= 4 is 23.4 Å². The molecule has 0 saturated heterocycles. The molecule has 1 heterocycles. The van der Waals surface area contributed by atoms with Crippen molar-refractivity contribution in [3.8, 4) is 0 Å². The molecule has 114 valence electrons. The SMILES string of the molecule is NNc1ncc([N+](=O)[O-])c(NCCCC(=O)NC2CC2)n1. The van der Waals surface area contributed by atoms with Gasteiger partial charge in [0, 0.05) is 19.0 Å². The van der Waals surface area contributed by atoms with Gasteiger partial charge in [0.25, 0.3) is 0 Å². The van der Waals surface area contributed by atoms with Crippen molar-refractivity contribution in [3.05, 3.63) is 16.3 Å². The number of hydrogen-bond acceptors (Lipinski definition) is 8. The van der Waals surface area contributed by atoms with Crippen LogP contribution >= 0.6 is 0 Å². The molecule has 1 amide bonds. The summed E-state index contributed by atoms with van der Waals surface area (Å²) < 4.78 is 0. The molecular formula is C11H17N7O3. The summed E-state index contributed by atoms with van der Waals surface area (Å²) >= 11 is 0. The van der Waals surface area contributed by atoms with Gasteiger partial charge < -0.3 is 10.6 Å². The molecule has 5 N–H and O–H groups in total. The van der Waals surface area contributed by atoms with Gasteiger partial charge in [0.2, 0.25) is 17.7 Å². The number of nitrogen functional groups attached to an aromatic ring is 1. The van der Waals surface area contributed by atoms with E-state index in [2.05, 4.69) is 26.0 Å². The third-order valence-electron chi connectivity index (χ3n) is 2.91. The lowest BCUT2D eigenvalue weighted by atomic mass is 10.3. The highest BCUT2D eigenvalue weighted by Gasteiger charge is 2.22. The molecule has 1 aliphatic carbocycles. The molecule has 1 aromatic heterocycles. The van der Waals surface area contributed by atoms with Gasteiger partial charge in [0.05, 0.1) is 4.92 Å². The first kappa shape index (κ1) is 14.9. The van der Waals surface area contributed by atoms with Crippen molar-refractivity contribution < 1.29 is 9.72 Å². The maximum Gasteiger partial charge on any atom is 0.329 e. The predicted molar refractivity (Wildman–Crippen MR) is 75.4 cm³/mol. The quantitative estimate of drug-likeness (QED) is 0.229. The van der Waals surface area contributed by atoms with Crippen LogP contribution in [0.4, 0.5) is 17.5 Å². The third kappa shape index (κ3) is 4.53. The Balaban J connectivity index is 1.83. The normalized spacial score (nSPS) is 13.6. The molecule has 2 rings (SSSR count). The van der Waals surface area contributed by atoms with Crippen LogP contribution in [0, 0.1) is 10.1 Å². The van der Waals surface area contributed by atoms with E-state index in [0.717, 1.165) is 19.0 Å². The van der Waals surface area contributed by atoms with Gasteiger partial charge in [-0.05, 0) is 19.3 Å². The van der Waals surface area contributed by atoms with Crippen LogP contribution in [0.2, 0.25) is 0 Å². The molecule has 1 aromatic rings. The Morgan fingerprint density at radius 3 is 2.90 bits per heavy atom. The molecule has 1 saturated carbocycles. The summed E-state index contributed by atoms with van der Waals surface area (Å²) in [5.41, 5.74) is 1.98. The molecule has 0 unspecified atom stereocenters. The molecule has 0 aliphatic heterocycles. The van der Waals surface area contributed by atoms with Gasteiger partial charge in [-0.15, -0.1) is 0 Å². The zero-order chi connectivity index (χ0) is 15.2. The lowest BCUT2D eigenvalue weighted by Crippen LogP contribution is -2.25. The van der Waals surface area contributed by atoms with Crippen LogP contribution in [0.5, 0.6) is 0 Å². The number of hydrogen-bond donors (Lipinski definition) is 4. The summed E-state index contributed by atoms with van der Waals surface area (Å²) in [5, 5.41) is 16.6. The Morgan fingerprint density at radius 1 is 1.52 bits per heavy atom. The topological polar surface area (TPSA) is 148 Å². The van der Waals surface area contributed by atoms with E-state index in [1.54, 1.807) is 0 Å². The minimum Gasteiger partial charge on any atom is -0.364 e. The first-order chi connectivity index (χ1) is 10.1. The van der Waals surface area contributed by atoms with E-state index in [0.29, 0.717) is 25.4 Å². The summed E-state index contributed by atoms with van der Waals surface area (Å²) in [5.74, 6) is 5.32. The fraction of sp³-hybridized carbons (Fsp3) is 0.545. The molecule has 0 bridgehead atoms. The number of nitrogens with zero attached hydrogens (tertiary/aromatic N) is 3. The van der Waals surface area contributed by atoms with Crippen LogP contribution in [-0.2, 0) is 4.79 Å². The number of anilines is 2. The molecule has 0 atom stereocenters. The summed E-state index contributed by atoms with van der Waals surface area (Å²) in [4.78, 5) is 29.3. The Morgan fingerprint density at radius 2 is 2.29 bits per heavy atom. The maximum atomic E-state index is 11.5. The summed E-state index contributed by atoms with van der Waals surface area (Å²) in [7, 11) is 0. The van der Waals surface area contributed by atoms with Crippen LogP contribution in [0.1, 0.15) is 25.7 Å². The first-order valence-corrected chi connectivity index (χ1v) is 6.61. The average molecular weight is 295 g/mol. The summed E-state index contributed by atoms with van der Waals surface area (Å²) in [6.07, 6.45) is 4.08. The van der Waals surface area contributed by atoms with Gasteiger partial charge in [-0.1, -0.05) is 0 Å². The molecule has 1 aliphatic rings. The second-order valence-electron chi connectivity index (χ2n) is 4.70. The van der Waals surface area contributed by atoms with Crippen LogP contribution < -0.4 is 21.9 Å². The Labute approximate surface area is 120 Å². The molecule has 10 heteroatoms. The summed E-state index contributed by atoms with van der Waals surface area (Å²) in [6, 6.07) is 0.339. The van der Waals surface area contributed by atoms with E-state index in [-0.39, 0.29) is 23.4 Å². The van der Waals surface area contributed by atoms with Gasteiger partial charge in [-0.25, -0.2) is 10.8 Å². The summed E-state index contributed by atoms with van der Waals surface area (Å²) in [6.45, 7) is 0.389. The number of carbonyl (C=O) groups is 1. The van der Waals surface area contributed by atoms with Gasteiger partial charge in [0.1, 0.15) is 6.20 Å². The second-order valence-corrected chi connectivity index (χ2v) is 4.70. The van der Waals surface area contributed by atoms with E-state index < -0.39 is 4.92 Å². The second kappa shape index (κ2) is 6.79. The molecule has 0 aromatic carbocycles. The molecule has 1 fully saturated rings. The van der Waals surface area contributed by atoms with E-state index in [1.165, 1.54) is 0 Å². The van der Waals surface area contributed by atoms with Crippen molar-refractivity contribution in [2.24, 2.45) is 5.84 Å². The van der Waals surface area contributed by atoms with E-state index in [1.807, 2.05) is 0 Å². The Bertz CT molecular complexity index is 533. The van der Waals surface area contributed by atoms with Gasteiger partial charge in [-0.3, -0.25) is 20.3 Å². The number of nitrogens with one attached hydrogen (secondary N) is 3. The molecular weight excluding hydrogens is 278 g/mol. The van der Waals surface area contributed by atoms with Crippen molar-refractivity contribution in [1.82, 2.24) is 15.3 Å². The molecule has 10 nitrogen and oxygen atoms in total. The minimum absolute atomic E-state index is 0.000742. The smallest absolute Gasteiger partial charge is 0.329 e. The van der Waals surface area contributed by atoms with Crippen LogP contribution in [0.3, 0.4) is 0 Å². The number of rotatable bonds is 8. The highest BCUT2D eigenvalue weighted by atomic mass is 16.6. The largest absolute Gasteiger partial charge is 0.364 e. The number of hydrazine groups is 1. The van der Waals surface area contributed by atoms with E-state index >= 15 is 0 Å². The van der Waals surface area contributed by atoms with Crippen molar-refractivity contribution in [3.63, 3.8) is 0 Å². The lowest BCUT2D eigenvalue weighted by molar-refractivity contribution is -0.384. The number of carbonyl (C=O) groups excluding carboxylic acids is 1. The molecule has 21 heavy (non-hydrogen) atoms. The van der Waals surface area contributed by atoms with Crippen LogP contribution in [-0.4, -0.2) is 33.4 Å². The Kier molecular flexibility index (Phi) is 4.82. The van der Waals surface area contributed by atoms with Gasteiger partial charge in [-0.2, -0.15) is 4.98 Å². The Hall–Kier alpha value is -2.49. The van der Waals surface area contributed by atoms with Crippen molar-refractivity contribution in [2.45, 2.75) is 31.7 Å². The lowest BCUT2D eigenvalue weighted by Gasteiger charge is -2.07. The molecule has 0 spiro atoms. The molecule has 0 radical (unpaired) electrons. The highest BCUT2D eigenvalue weighted by molar-refractivity contribution is 5.76.